The number of carboxylic acid groups (broad SMARTS) is 6. The molecule has 2 aliphatic rings. The van der Waals surface area contributed by atoms with E-state index in [4.69, 9.17) is 64.3 Å². The topological polar surface area (TPSA) is 474 Å². The SMILES string of the molecule is O.O.O.O=C([O-])[O-].O=C([O-])[O-].O=C([O-])[O-].OC[C@H]1O[C@@H](O[C@H]2[C@H](O)[C@@H](O)[C@@H](O)O[C@@H]2CO)[C@H](O)[C@@H](O)[C@H]1O.[La+3].[La+3]. The van der Waals surface area contributed by atoms with Gasteiger partial charge in [-0.15, -0.1) is 0 Å². The van der Waals surface area contributed by atoms with E-state index in [0.29, 0.717) is 0 Å². The molecule has 0 radical (unpaired) electrons. The van der Waals surface area contributed by atoms with Gasteiger partial charge in [0.25, 0.3) is 0 Å². The van der Waals surface area contributed by atoms with Gasteiger partial charge in [-0.1, -0.05) is 0 Å². The maximum Gasteiger partial charge on any atom is 3.00 e. The number of carbonyl (C=O) groups is 3. The van der Waals surface area contributed by atoms with Crippen LogP contribution in [0.3, 0.4) is 0 Å². The fraction of sp³-hybridized carbons (Fsp3) is 0.800. The number of hydrogen-bond acceptors (Lipinski definition) is 20. The van der Waals surface area contributed by atoms with Crippen molar-refractivity contribution in [2.45, 2.75) is 61.4 Å². The van der Waals surface area contributed by atoms with Crippen LogP contribution >= 0.6 is 0 Å². The van der Waals surface area contributed by atoms with E-state index in [1.165, 1.54) is 0 Å². The molecule has 0 spiro atoms. The van der Waals surface area contributed by atoms with Crippen molar-refractivity contribution in [3.63, 3.8) is 0 Å². The van der Waals surface area contributed by atoms with Gasteiger partial charge >= 0.3 is 71.2 Å². The first-order chi connectivity index (χ1) is 16.0. The van der Waals surface area contributed by atoms with Gasteiger partial charge in [0.15, 0.2) is 12.6 Å². The summed E-state index contributed by atoms with van der Waals surface area (Å²) in [6.45, 7) is -1.35. The van der Waals surface area contributed by atoms with Gasteiger partial charge in [0.05, 0.1) is 13.2 Å². The van der Waals surface area contributed by atoms with Gasteiger partial charge in [-0.2, -0.15) is 0 Å². The number of ether oxygens (including phenoxy) is 3. The van der Waals surface area contributed by atoms with Crippen LogP contribution < -0.4 is 30.6 Å². The Morgan fingerprint density at radius 3 is 1.25 bits per heavy atom. The van der Waals surface area contributed by atoms with Crippen LogP contribution in [0.1, 0.15) is 0 Å². The van der Waals surface area contributed by atoms with E-state index in [0.717, 1.165) is 0 Å². The minimum absolute atomic E-state index is 0. The Morgan fingerprint density at radius 2 is 0.925 bits per heavy atom. The normalized spacial score (nSPS) is 31.5. The molecular formula is C15H28La2O23. The predicted molar refractivity (Wildman–Crippen MR) is 95.6 cm³/mol. The Kier molecular flexibility index (Phi) is 39.9. The van der Waals surface area contributed by atoms with Gasteiger partial charge in [0.1, 0.15) is 48.8 Å². The molecule has 10 atom stereocenters. The number of aliphatic hydroxyl groups is 8. The van der Waals surface area contributed by atoms with E-state index < -0.39 is 93.1 Å². The van der Waals surface area contributed by atoms with Gasteiger partial charge in [-0.05, 0) is 18.5 Å². The van der Waals surface area contributed by atoms with Crippen LogP contribution in [0, 0.1) is 71.2 Å². The second-order valence-corrected chi connectivity index (χ2v) is 6.28. The second-order valence-electron chi connectivity index (χ2n) is 6.28. The zero-order valence-corrected chi connectivity index (χ0v) is 27.1. The summed E-state index contributed by atoms with van der Waals surface area (Å²) in [5, 5.41) is 126. The van der Waals surface area contributed by atoms with E-state index in [2.05, 4.69) is 0 Å². The molecule has 40 heavy (non-hydrogen) atoms. The van der Waals surface area contributed by atoms with Gasteiger partial charge in [0.2, 0.25) is 0 Å². The smallest absolute Gasteiger partial charge is 0.652 e. The third-order valence-electron chi connectivity index (χ3n) is 3.98. The molecule has 0 amide bonds. The van der Waals surface area contributed by atoms with Crippen LogP contribution in [0.5, 0.6) is 0 Å². The maximum absolute atomic E-state index is 9.94. The standard InChI is InChI=1S/C12H22O11.3CH2O3.2La.3H2O/c13-1-3-5(15)6(16)9(19)12(22-3)23-10-4(2-14)21-11(20)8(18)7(10)17;3*2-1(3)4;;;;;/h3-20H,1-2H2;3*(H2,2,3,4);;;3*1H2/q;;;;2*+3;;;/p-6/t3-,4-,5+,6+,7-,8-,9-,10-,11+,12+;;;;;;;;/m1......../s1. The van der Waals surface area contributed by atoms with E-state index in [1.54, 1.807) is 0 Å². The fourth-order valence-corrected chi connectivity index (χ4v) is 2.57. The van der Waals surface area contributed by atoms with Crippen LogP contribution in [0.4, 0.5) is 14.4 Å². The molecule has 2 saturated heterocycles. The third-order valence-corrected chi connectivity index (χ3v) is 3.98. The molecule has 0 aromatic rings. The molecule has 2 aliphatic heterocycles. The monoisotopic (exact) mass is 854 g/mol. The Balaban J connectivity index is -0.000000110. The van der Waals surface area contributed by atoms with Crippen molar-refractivity contribution in [1.82, 2.24) is 0 Å². The Labute approximate surface area is 278 Å². The Hall–Kier alpha value is -0.360. The summed E-state index contributed by atoms with van der Waals surface area (Å²) in [5.74, 6) is 0. The summed E-state index contributed by atoms with van der Waals surface area (Å²) >= 11 is 0. The molecule has 0 aliphatic carbocycles. The minimum Gasteiger partial charge on any atom is -0.652 e. The van der Waals surface area contributed by atoms with E-state index in [-0.39, 0.29) is 87.6 Å². The summed E-state index contributed by atoms with van der Waals surface area (Å²) in [6.07, 6.45) is -22.6. The number of carbonyl (C=O) groups excluding carboxylic acids is 3. The molecule has 14 N–H and O–H groups in total. The third kappa shape index (κ3) is 22.3. The zero-order valence-electron chi connectivity index (χ0n) is 19.8. The maximum atomic E-state index is 9.94. The molecule has 232 valence electrons. The molecular weight excluding hydrogens is 826 g/mol. The van der Waals surface area contributed by atoms with Gasteiger partial charge < -0.3 is 117 Å². The van der Waals surface area contributed by atoms with Crippen LogP contribution in [0.2, 0.25) is 0 Å². The predicted octanol–water partition coefficient (Wildman–Crippen LogP) is -15.2. The number of aliphatic hydroxyl groups excluding tert-OH is 8. The van der Waals surface area contributed by atoms with Crippen molar-refractivity contribution in [2.24, 2.45) is 0 Å². The fourth-order valence-electron chi connectivity index (χ4n) is 2.57. The van der Waals surface area contributed by atoms with Gasteiger partial charge in [0, 0.05) is 0 Å². The summed E-state index contributed by atoms with van der Waals surface area (Å²) < 4.78 is 15.3. The average Bonchev–Trinajstić information content (AvgIpc) is 2.72. The molecule has 0 saturated carbocycles. The molecule has 2 heterocycles. The van der Waals surface area contributed by atoms with Crippen molar-refractivity contribution in [1.29, 1.82) is 0 Å². The summed E-state index contributed by atoms with van der Waals surface area (Å²) in [5.41, 5.74) is 0. The molecule has 0 aromatic carbocycles. The largest absolute Gasteiger partial charge is 3.00 e. The summed E-state index contributed by atoms with van der Waals surface area (Å²) in [6, 6.07) is 0. The Morgan fingerprint density at radius 1 is 0.575 bits per heavy atom. The second kappa shape index (κ2) is 28.7. The molecule has 23 nitrogen and oxygen atoms in total. The minimum atomic E-state index is -2.33. The van der Waals surface area contributed by atoms with E-state index >= 15 is 0 Å². The number of rotatable bonds is 4. The Bertz CT molecular complexity index is 599. The summed E-state index contributed by atoms with van der Waals surface area (Å²) in [4.78, 5) is 25.0. The van der Waals surface area contributed by atoms with Crippen molar-refractivity contribution >= 4 is 18.5 Å². The first-order valence-electron chi connectivity index (χ1n) is 8.92. The molecule has 0 unspecified atom stereocenters. The van der Waals surface area contributed by atoms with Crippen LogP contribution in [-0.4, -0.2) is 150 Å². The molecule has 0 bridgehead atoms. The quantitative estimate of drug-likeness (QED) is 0.130. The van der Waals surface area contributed by atoms with Crippen LogP contribution in [0.25, 0.3) is 0 Å². The molecule has 2 fully saturated rings. The molecule has 2 rings (SSSR count). The number of hydrogen-bond donors (Lipinski definition) is 8. The van der Waals surface area contributed by atoms with Crippen molar-refractivity contribution in [3.05, 3.63) is 0 Å². The first kappa shape index (κ1) is 55.6. The average molecular weight is 854 g/mol. The van der Waals surface area contributed by atoms with E-state index in [9.17, 15) is 35.7 Å². The van der Waals surface area contributed by atoms with Crippen LogP contribution in [-0.2, 0) is 14.2 Å². The van der Waals surface area contributed by atoms with Crippen molar-refractivity contribution in [3.8, 4) is 0 Å². The van der Waals surface area contributed by atoms with Crippen molar-refractivity contribution in [2.75, 3.05) is 13.2 Å². The molecule has 25 heteroatoms. The first-order valence-corrected chi connectivity index (χ1v) is 8.92. The van der Waals surface area contributed by atoms with E-state index in [1.807, 2.05) is 0 Å². The van der Waals surface area contributed by atoms with Gasteiger partial charge in [-0.3, -0.25) is 0 Å². The molecule has 0 aromatic heterocycles. The zero-order chi connectivity index (χ0) is 28.0. The van der Waals surface area contributed by atoms with Crippen LogP contribution in [0.15, 0.2) is 0 Å². The summed E-state index contributed by atoms with van der Waals surface area (Å²) in [7, 11) is 0. The van der Waals surface area contributed by atoms with Gasteiger partial charge in [-0.25, -0.2) is 0 Å². The van der Waals surface area contributed by atoms with Crippen molar-refractivity contribution < 1.29 is 188 Å².